The van der Waals surface area contributed by atoms with Crippen molar-refractivity contribution in [2.24, 2.45) is 5.10 Å². The molecular weight excluding hydrogens is 344 g/mol. The van der Waals surface area contributed by atoms with E-state index in [2.05, 4.69) is 15.8 Å². The minimum Gasteiger partial charge on any atom is -0.342 e. The van der Waals surface area contributed by atoms with Crippen molar-refractivity contribution in [2.45, 2.75) is 33.1 Å². The van der Waals surface area contributed by atoms with Crippen LogP contribution in [0.4, 0.5) is 5.69 Å². The van der Waals surface area contributed by atoms with E-state index in [4.69, 9.17) is 11.6 Å². The molecule has 1 saturated heterocycles. The molecule has 0 saturated carbocycles. The zero-order chi connectivity index (χ0) is 18.4. The Morgan fingerprint density at radius 2 is 1.88 bits per heavy atom. The number of rotatable bonds is 4. The van der Waals surface area contributed by atoms with E-state index in [1.807, 2.05) is 6.92 Å². The number of hydrogen-bond acceptors (Lipinski definition) is 4. The molecule has 2 rings (SSSR count). The van der Waals surface area contributed by atoms with Crippen LogP contribution in [0.1, 0.15) is 31.7 Å². The molecule has 0 aliphatic carbocycles. The van der Waals surface area contributed by atoms with E-state index < -0.39 is 11.8 Å². The number of amides is 3. The summed E-state index contributed by atoms with van der Waals surface area (Å²) in [6, 6.07) is 4.95. The number of aryl methyl sites for hydroxylation is 1. The zero-order valence-corrected chi connectivity index (χ0v) is 15.0. The van der Waals surface area contributed by atoms with E-state index in [0.29, 0.717) is 16.4 Å². The average Bonchev–Trinajstić information content (AvgIpc) is 3.10. The van der Waals surface area contributed by atoms with Gasteiger partial charge >= 0.3 is 11.8 Å². The first kappa shape index (κ1) is 18.9. The van der Waals surface area contributed by atoms with Crippen molar-refractivity contribution < 1.29 is 14.4 Å². The van der Waals surface area contributed by atoms with Crippen molar-refractivity contribution in [3.05, 3.63) is 28.8 Å². The number of carbonyl (C=O) groups excluding carboxylic acids is 3. The van der Waals surface area contributed by atoms with Crippen LogP contribution in [0.2, 0.25) is 5.02 Å². The molecule has 3 amide bonds. The third kappa shape index (κ3) is 5.56. The summed E-state index contributed by atoms with van der Waals surface area (Å²) in [5.41, 5.74) is 3.88. The maximum atomic E-state index is 12.0. The van der Waals surface area contributed by atoms with Crippen LogP contribution in [-0.4, -0.2) is 41.4 Å². The number of likely N-dealkylation sites (tertiary alicyclic amines) is 1. The fourth-order valence-corrected chi connectivity index (χ4v) is 2.57. The van der Waals surface area contributed by atoms with Gasteiger partial charge in [-0.2, -0.15) is 5.10 Å². The number of hydrogen-bond donors (Lipinski definition) is 2. The van der Waals surface area contributed by atoms with E-state index in [-0.39, 0.29) is 12.3 Å². The molecule has 0 unspecified atom stereocenters. The second-order valence-corrected chi connectivity index (χ2v) is 6.38. The Kier molecular flexibility index (Phi) is 6.52. The summed E-state index contributed by atoms with van der Waals surface area (Å²) in [6.45, 7) is 4.99. The molecule has 1 heterocycles. The highest BCUT2D eigenvalue weighted by molar-refractivity contribution is 6.40. The molecule has 0 atom stereocenters. The summed E-state index contributed by atoms with van der Waals surface area (Å²) in [7, 11) is 0. The summed E-state index contributed by atoms with van der Waals surface area (Å²) in [6.07, 6.45) is 2.15. The Balaban J connectivity index is 1.84. The van der Waals surface area contributed by atoms with Gasteiger partial charge in [0, 0.05) is 29.5 Å². The Morgan fingerprint density at radius 3 is 2.52 bits per heavy atom. The monoisotopic (exact) mass is 364 g/mol. The van der Waals surface area contributed by atoms with Crippen LogP contribution in [0.15, 0.2) is 23.3 Å². The van der Waals surface area contributed by atoms with Crippen LogP contribution < -0.4 is 10.7 Å². The van der Waals surface area contributed by atoms with Crippen LogP contribution in [0.25, 0.3) is 0 Å². The highest BCUT2D eigenvalue weighted by Gasteiger charge is 2.19. The predicted octanol–water partition coefficient (Wildman–Crippen LogP) is 2.09. The van der Waals surface area contributed by atoms with Gasteiger partial charge < -0.3 is 10.2 Å². The smallest absolute Gasteiger partial charge is 0.329 e. The van der Waals surface area contributed by atoms with Gasteiger partial charge in [0.15, 0.2) is 0 Å². The molecule has 0 aromatic heterocycles. The normalized spacial score (nSPS) is 14.4. The van der Waals surface area contributed by atoms with Gasteiger partial charge in [0.1, 0.15) is 0 Å². The van der Waals surface area contributed by atoms with Gasteiger partial charge in [-0.25, -0.2) is 5.43 Å². The molecule has 1 aromatic rings. The Labute approximate surface area is 151 Å². The van der Waals surface area contributed by atoms with Crippen LogP contribution in [0, 0.1) is 6.92 Å². The molecular formula is C17H21ClN4O3. The average molecular weight is 365 g/mol. The molecule has 0 spiro atoms. The summed E-state index contributed by atoms with van der Waals surface area (Å²) in [5.74, 6) is -1.79. The topological polar surface area (TPSA) is 90.9 Å². The lowest BCUT2D eigenvalue weighted by Gasteiger charge is -2.14. The molecule has 134 valence electrons. The zero-order valence-electron chi connectivity index (χ0n) is 14.3. The third-order valence-corrected chi connectivity index (χ3v) is 4.26. The Morgan fingerprint density at radius 1 is 1.20 bits per heavy atom. The number of hydrazone groups is 1. The van der Waals surface area contributed by atoms with Crippen molar-refractivity contribution in [3.8, 4) is 0 Å². The first-order chi connectivity index (χ1) is 11.9. The van der Waals surface area contributed by atoms with Gasteiger partial charge in [0.25, 0.3) is 0 Å². The van der Waals surface area contributed by atoms with Crippen LogP contribution in [0.5, 0.6) is 0 Å². The first-order valence-corrected chi connectivity index (χ1v) is 8.43. The molecule has 8 heteroatoms. The quantitative estimate of drug-likeness (QED) is 0.487. The minimum absolute atomic E-state index is 0.0215. The summed E-state index contributed by atoms with van der Waals surface area (Å²) >= 11 is 5.97. The molecule has 7 nitrogen and oxygen atoms in total. The predicted molar refractivity (Wildman–Crippen MR) is 96.5 cm³/mol. The largest absolute Gasteiger partial charge is 0.342 e. The fourth-order valence-electron chi connectivity index (χ4n) is 2.39. The summed E-state index contributed by atoms with van der Waals surface area (Å²) in [5, 5.41) is 6.74. The van der Waals surface area contributed by atoms with E-state index in [9.17, 15) is 14.4 Å². The van der Waals surface area contributed by atoms with E-state index in [1.54, 1.807) is 30.0 Å². The maximum absolute atomic E-state index is 12.0. The molecule has 1 aliphatic rings. The second kappa shape index (κ2) is 8.62. The third-order valence-electron chi connectivity index (χ3n) is 3.85. The number of benzene rings is 1. The number of nitrogens with zero attached hydrogens (tertiary/aromatic N) is 2. The summed E-state index contributed by atoms with van der Waals surface area (Å²) < 4.78 is 0. The summed E-state index contributed by atoms with van der Waals surface area (Å²) in [4.78, 5) is 37.4. The van der Waals surface area contributed by atoms with Gasteiger partial charge in [0.2, 0.25) is 5.91 Å². The molecule has 25 heavy (non-hydrogen) atoms. The van der Waals surface area contributed by atoms with Crippen molar-refractivity contribution >= 4 is 40.7 Å². The standard InChI is InChI=1S/C17H21ClN4O3/c1-11-5-6-13(10-14(11)18)19-16(24)17(25)21-20-12(2)9-15(23)22-7-3-4-8-22/h5-6,10H,3-4,7-9H2,1-2H3,(H,19,24)(H,21,25)/b20-12+. The lowest BCUT2D eigenvalue weighted by Crippen LogP contribution is -2.33. The SMILES string of the molecule is C/C(CC(=O)N1CCCC1)=N\NC(=O)C(=O)Nc1ccc(C)c(Cl)c1. The first-order valence-electron chi connectivity index (χ1n) is 8.05. The lowest BCUT2D eigenvalue weighted by atomic mass is 10.2. The highest BCUT2D eigenvalue weighted by atomic mass is 35.5. The minimum atomic E-state index is -0.912. The fraction of sp³-hybridized carbons (Fsp3) is 0.412. The van der Waals surface area contributed by atoms with Gasteiger partial charge in [-0.1, -0.05) is 17.7 Å². The van der Waals surface area contributed by atoms with Crippen molar-refractivity contribution in [1.82, 2.24) is 10.3 Å². The molecule has 0 bridgehead atoms. The molecule has 1 aromatic carbocycles. The van der Waals surface area contributed by atoms with Gasteiger partial charge in [-0.3, -0.25) is 14.4 Å². The Hall–Kier alpha value is -2.41. The van der Waals surface area contributed by atoms with Gasteiger partial charge in [0.05, 0.1) is 6.42 Å². The van der Waals surface area contributed by atoms with Crippen molar-refractivity contribution in [2.75, 3.05) is 18.4 Å². The molecule has 1 fully saturated rings. The highest BCUT2D eigenvalue weighted by Crippen LogP contribution is 2.19. The lowest BCUT2D eigenvalue weighted by molar-refractivity contribution is -0.136. The van der Waals surface area contributed by atoms with Crippen molar-refractivity contribution in [1.29, 1.82) is 0 Å². The van der Waals surface area contributed by atoms with Gasteiger partial charge in [-0.05, 0) is 44.4 Å². The van der Waals surface area contributed by atoms with E-state index in [0.717, 1.165) is 31.5 Å². The molecule has 1 aliphatic heterocycles. The van der Waals surface area contributed by atoms with Crippen LogP contribution in [0.3, 0.4) is 0 Å². The number of anilines is 1. The van der Waals surface area contributed by atoms with E-state index in [1.165, 1.54) is 0 Å². The van der Waals surface area contributed by atoms with Crippen LogP contribution in [-0.2, 0) is 14.4 Å². The molecule has 0 radical (unpaired) electrons. The Bertz CT molecular complexity index is 712. The number of carbonyl (C=O) groups is 3. The van der Waals surface area contributed by atoms with Gasteiger partial charge in [-0.15, -0.1) is 0 Å². The molecule has 2 N–H and O–H groups in total. The second-order valence-electron chi connectivity index (χ2n) is 5.97. The van der Waals surface area contributed by atoms with E-state index >= 15 is 0 Å². The number of nitrogens with one attached hydrogen (secondary N) is 2. The maximum Gasteiger partial charge on any atom is 0.329 e. The number of halogens is 1. The van der Waals surface area contributed by atoms with Crippen molar-refractivity contribution in [3.63, 3.8) is 0 Å². The van der Waals surface area contributed by atoms with Crippen LogP contribution >= 0.6 is 11.6 Å².